The zero-order valence-corrected chi connectivity index (χ0v) is 16.4. The van der Waals surface area contributed by atoms with Crippen LogP contribution in [0.15, 0.2) is 60.9 Å². The van der Waals surface area contributed by atoms with Gasteiger partial charge in [0.1, 0.15) is 0 Å². The summed E-state index contributed by atoms with van der Waals surface area (Å²) in [6.45, 7) is 4.16. The van der Waals surface area contributed by atoms with E-state index in [1.54, 1.807) is 29.8 Å². The van der Waals surface area contributed by atoms with Crippen molar-refractivity contribution in [2.75, 3.05) is 26.2 Å². The molecule has 6 heteroatoms. The van der Waals surface area contributed by atoms with E-state index in [1.165, 1.54) is 9.75 Å². The van der Waals surface area contributed by atoms with E-state index in [2.05, 4.69) is 28.1 Å². The predicted molar refractivity (Wildman–Crippen MR) is 110 cm³/mol. The fraction of sp³-hybridized carbons (Fsp3) is 0.238. The molecule has 0 aliphatic carbocycles. The van der Waals surface area contributed by atoms with Crippen LogP contribution in [0.1, 0.15) is 15.2 Å². The van der Waals surface area contributed by atoms with Crippen molar-refractivity contribution in [2.24, 2.45) is 0 Å². The van der Waals surface area contributed by atoms with Crippen LogP contribution in [0.2, 0.25) is 5.02 Å². The van der Waals surface area contributed by atoms with E-state index in [1.807, 2.05) is 29.2 Å². The van der Waals surface area contributed by atoms with Gasteiger partial charge in [-0.15, -0.1) is 11.3 Å². The van der Waals surface area contributed by atoms with Crippen LogP contribution in [-0.4, -0.2) is 46.9 Å². The Morgan fingerprint density at radius 1 is 1.04 bits per heavy atom. The molecule has 1 saturated heterocycles. The summed E-state index contributed by atoms with van der Waals surface area (Å²) >= 11 is 8.09. The standard InChI is InChI=1S/C21H20ClN3OS/c22-19-6-2-1-5-18(19)20-8-7-17(27-20)15-24-10-12-25(13-11-24)21(26)16-4-3-9-23-14-16/h1-9,14H,10-13,15H2. The average molecular weight is 398 g/mol. The summed E-state index contributed by atoms with van der Waals surface area (Å²) < 4.78 is 0. The van der Waals surface area contributed by atoms with Gasteiger partial charge in [0.2, 0.25) is 0 Å². The average Bonchev–Trinajstić information content (AvgIpc) is 3.17. The number of carbonyl (C=O) groups is 1. The van der Waals surface area contributed by atoms with Crippen molar-refractivity contribution in [2.45, 2.75) is 6.54 Å². The minimum Gasteiger partial charge on any atom is -0.336 e. The highest BCUT2D eigenvalue weighted by atomic mass is 35.5. The van der Waals surface area contributed by atoms with Gasteiger partial charge < -0.3 is 4.90 Å². The van der Waals surface area contributed by atoms with Crippen molar-refractivity contribution < 1.29 is 4.79 Å². The van der Waals surface area contributed by atoms with Crippen LogP contribution in [0.4, 0.5) is 0 Å². The number of thiophene rings is 1. The fourth-order valence-corrected chi connectivity index (χ4v) is 4.65. The minimum atomic E-state index is 0.0693. The maximum atomic E-state index is 12.5. The van der Waals surface area contributed by atoms with Gasteiger partial charge in [-0.3, -0.25) is 14.7 Å². The van der Waals surface area contributed by atoms with E-state index >= 15 is 0 Å². The Kier molecular flexibility index (Phi) is 5.53. The third-order valence-corrected chi connectivity index (χ3v) is 6.18. The number of halogens is 1. The number of rotatable bonds is 4. The highest BCUT2D eigenvalue weighted by molar-refractivity contribution is 7.15. The van der Waals surface area contributed by atoms with E-state index < -0.39 is 0 Å². The second-order valence-corrected chi connectivity index (χ2v) is 8.13. The summed E-state index contributed by atoms with van der Waals surface area (Å²) in [5.41, 5.74) is 1.75. The second-order valence-electron chi connectivity index (χ2n) is 6.56. The molecular weight excluding hydrogens is 378 g/mol. The molecule has 1 aromatic carbocycles. The van der Waals surface area contributed by atoms with Crippen LogP contribution < -0.4 is 0 Å². The SMILES string of the molecule is O=C(c1cccnc1)N1CCN(Cc2ccc(-c3ccccc3Cl)s2)CC1. The van der Waals surface area contributed by atoms with Gasteiger partial charge in [0, 0.05) is 65.5 Å². The lowest BCUT2D eigenvalue weighted by Crippen LogP contribution is -2.48. The van der Waals surface area contributed by atoms with Crippen molar-refractivity contribution in [3.05, 3.63) is 76.4 Å². The molecule has 1 amide bonds. The molecule has 0 N–H and O–H groups in total. The number of nitrogens with zero attached hydrogens (tertiary/aromatic N) is 3. The zero-order chi connectivity index (χ0) is 18.6. The molecule has 0 saturated carbocycles. The van der Waals surface area contributed by atoms with Crippen molar-refractivity contribution in [1.82, 2.24) is 14.8 Å². The Morgan fingerprint density at radius 3 is 2.59 bits per heavy atom. The minimum absolute atomic E-state index is 0.0693. The van der Waals surface area contributed by atoms with Gasteiger partial charge in [0.15, 0.2) is 0 Å². The van der Waals surface area contributed by atoms with Crippen molar-refractivity contribution >= 4 is 28.8 Å². The Hall–Kier alpha value is -2.21. The van der Waals surface area contributed by atoms with Crippen LogP contribution >= 0.6 is 22.9 Å². The summed E-state index contributed by atoms with van der Waals surface area (Å²) in [6.07, 6.45) is 3.32. The van der Waals surface area contributed by atoms with E-state index in [9.17, 15) is 4.79 Å². The van der Waals surface area contributed by atoms with Gasteiger partial charge in [0.05, 0.1) is 5.56 Å². The molecule has 1 aliphatic heterocycles. The number of amides is 1. The number of hydrogen-bond acceptors (Lipinski definition) is 4. The first kappa shape index (κ1) is 18.2. The number of carbonyl (C=O) groups excluding carboxylic acids is 1. The summed E-state index contributed by atoms with van der Waals surface area (Å²) in [4.78, 5) is 23.4. The molecular formula is C21H20ClN3OS. The van der Waals surface area contributed by atoms with Crippen LogP contribution in [0.5, 0.6) is 0 Å². The fourth-order valence-electron chi connectivity index (χ4n) is 3.27. The van der Waals surface area contributed by atoms with Crippen molar-refractivity contribution in [3.8, 4) is 10.4 Å². The molecule has 27 heavy (non-hydrogen) atoms. The molecule has 3 aromatic rings. The lowest BCUT2D eigenvalue weighted by Gasteiger charge is -2.34. The number of aromatic nitrogens is 1. The quantitative estimate of drug-likeness (QED) is 0.653. The highest BCUT2D eigenvalue weighted by Gasteiger charge is 2.22. The number of hydrogen-bond donors (Lipinski definition) is 0. The molecule has 0 radical (unpaired) electrons. The third kappa shape index (κ3) is 4.21. The number of benzene rings is 1. The summed E-state index contributed by atoms with van der Waals surface area (Å²) in [5.74, 6) is 0.0693. The molecule has 1 aliphatic rings. The van der Waals surface area contributed by atoms with E-state index in [0.29, 0.717) is 5.56 Å². The van der Waals surface area contributed by atoms with Gasteiger partial charge in [0.25, 0.3) is 5.91 Å². The third-order valence-electron chi connectivity index (χ3n) is 4.75. The number of pyridine rings is 1. The van der Waals surface area contributed by atoms with Crippen LogP contribution in [0, 0.1) is 0 Å². The first-order valence-corrected chi connectivity index (χ1v) is 10.2. The van der Waals surface area contributed by atoms with Crippen molar-refractivity contribution in [1.29, 1.82) is 0 Å². The summed E-state index contributed by atoms with van der Waals surface area (Å²) in [5, 5.41) is 0.786. The summed E-state index contributed by atoms with van der Waals surface area (Å²) in [6, 6.07) is 15.9. The van der Waals surface area contributed by atoms with E-state index in [0.717, 1.165) is 43.3 Å². The lowest BCUT2D eigenvalue weighted by molar-refractivity contribution is 0.0629. The topological polar surface area (TPSA) is 36.4 Å². The van der Waals surface area contributed by atoms with Gasteiger partial charge in [-0.2, -0.15) is 0 Å². The van der Waals surface area contributed by atoms with Crippen molar-refractivity contribution in [3.63, 3.8) is 0 Å². The maximum absolute atomic E-state index is 12.5. The second kappa shape index (κ2) is 8.21. The smallest absolute Gasteiger partial charge is 0.255 e. The highest BCUT2D eigenvalue weighted by Crippen LogP contribution is 2.33. The molecule has 0 bridgehead atoms. The van der Waals surface area contributed by atoms with Crippen LogP contribution in [0.3, 0.4) is 0 Å². The lowest BCUT2D eigenvalue weighted by atomic mass is 10.2. The monoisotopic (exact) mass is 397 g/mol. The molecule has 0 spiro atoms. The number of piperazine rings is 1. The van der Waals surface area contributed by atoms with Gasteiger partial charge in [-0.1, -0.05) is 29.8 Å². The Balaban J connectivity index is 1.35. The largest absolute Gasteiger partial charge is 0.336 e. The molecule has 2 aromatic heterocycles. The zero-order valence-electron chi connectivity index (χ0n) is 14.8. The molecule has 138 valence electrons. The Labute approximate surface area is 168 Å². The molecule has 4 rings (SSSR count). The first-order chi connectivity index (χ1) is 13.2. The molecule has 3 heterocycles. The Bertz CT molecular complexity index is 920. The summed E-state index contributed by atoms with van der Waals surface area (Å²) in [7, 11) is 0. The van der Waals surface area contributed by atoms with E-state index in [4.69, 9.17) is 11.6 Å². The van der Waals surface area contributed by atoms with E-state index in [-0.39, 0.29) is 5.91 Å². The van der Waals surface area contributed by atoms with Gasteiger partial charge in [-0.25, -0.2) is 0 Å². The van der Waals surface area contributed by atoms with Crippen LogP contribution in [-0.2, 0) is 6.54 Å². The predicted octanol–water partition coefficient (Wildman–Crippen LogP) is 4.42. The van der Waals surface area contributed by atoms with Gasteiger partial charge in [-0.05, 0) is 30.3 Å². The molecule has 0 unspecified atom stereocenters. The maximum Gasteiger partial charge on any atom is 0.255 e. The molecule has 4 nitrogen and oxygen atoms in total. The Morgan fingerprint density at radius 2 is 1.85 bits per heavy atom. The molecule has 0 atom stereocenters. The van der Waals surface area contributed by atoms with Crippen LogP contribution in [0.25, 0.3) is 10.4 Å². The van der Waals surface area contributed by atoms with Gasteiger partial charge >= 0.3 is 0 Å². The normalized spacial score (nSPS) is 15.1. The first-order valence-electron chi connectivity index (χ1n) is 8.96. The molecule has 1 fully saturated rings.